The van der Waals surface area contributed by atoms with Crippen LogP contribution >= 0.6 is 0 Å². The van der Waals surface area contributed by atoms with E-state index in [4.69, 9.17) is 11.5 Å². The number of benzene rings is 1. The molecule has 0 heterocycles. The molecule has 4 nitrogen and oxygen atoms in total. The fraction of sp³-hybridized carbons (Fsp3) is 0.300. The molecule has 0 aromatic heterocycles. The minimum absolute atomic E-state index is 0.0419. The van der Waals surface area contributed by atoms with Gasteiger partial charge in [-0.25, -0.2) is 8.78 Å². The first-order chi connectivity index (χ1) is 7.41. The summed E-state index contributed by atoms with van der Waals surface area (Å²) < 4.78 is 26.4. The van der Waals surface area contributed by atoms with Crippen LogP contribution in [0.2, 0.25) is 0 Å². The van der Waals surface area contributed by atoms with E-state index in [1.54, 1.807) is 0 Å². The molecule has 6 heteroatoms. The van der Waals surface area contributed by atoms with Crippen LogP contribution in [0.3, 0.4) is 0 Å². The van der Waals surface area contributed by atoms with E-state index in [1.165, 1.54) is 6.92 Å². The van der Waals surface area contributed by atoms with Crippen LogP contribution < -0.4 is 16.8 Å². The van der Waals surface area contributed by atoms with Crippen molar-refractivity contribution < 1.29 is 13.6 Å². The smallest absolute Gasteiger partial charge is 0.236 e. The van der Waals surface area contributed by atoms with E-state index in [0.29, 0.717) is 0 Å². The van der Waals surface area contributed by atoms with Gasteiger partial charge >= 0.3 is 0 Å². The number of primary amides is 1. The molecule has 0 radical (unpaired) electrons. The number of anilines is 1. The van der Waals surface area contributed by atoms with Crippen LogP contribution in [0.4, 0.5) is 14.5 Å². The fourth-order valence-corrected chi connectivity index (χ4v) is 1.10. The summed E-state index contributed by atoms with van der Waals surface area (Å²) in [5.74, 6) is -1.84. The Kier molecular flexibility index (Phi) is 3.78. The number of halogens is 2. The topological polar surface area (TPSA) is 81.1 Å². The van der Waals surface area contributed by atoms with Gasteiger partial charge in [0.05, 0.1) is 5.69 Å². The third-order valence-electron chi connectivity index (χ3n) is 2.13. The molecule has 0 fully saturated rings. The van der Waals surface area contributed by atoms with Gasteiger partial charge in [0.15, 0.2) is 0 Å². The Hall–Kier alpha value is -1.69. The zero-order valence-corrected chi connectivity index (χ0v) is 8.76. The molecule has 0 spiro atoms. The Morgan fingerprint density at radius 3 is 2.62 bits per heavy atom. The normalized spacial score (nSPS) is 12.2. The Morgan fingerprint density at radius 1 is 1.44 bits per heavy atom. The molecular weight excluding hydrogens is 216 g/mol. The Morgan fingerprint density at radius 2 is 2.06 bits per heavy atom. The molecule has 1 atom stereocenters. The number of hydrogen-bond acceptors (Lipinski definition) is 3. The fourth-order valence-electron chi connectivity index (χ4n) is 1.10. The highest BCUT2D eigenvalue weighted by Crippen LogP contribution is 2.18. The summed E-state index contributed by atoms with van der Waals surface area (Å²) in [5, 5.41) is 2.52. The summed E-state index contributed by atoms with van der Waals surface area (Å²) in [6.07, 6.45) is 0. The van der Waals surface area contributed by atoms with Gasteiger partial charge in [0.25, 0.3) is 0 Å². The number of aryl methyl sites for hydroxylation is 1. The molecule has 0 aliphatic heterocycles. The van der Waals surface area contributed by atoms with Gasteiger partial charge in [0, 0.05) is 12.6 Å². The zero-order valence-electron chi connectivity index (χ0n) is 8.76. The number of carbonyl (C=O) groups excluding carboxylic acids is 1. The van der Waals surface area contributed by atoms with Crippen LogP contribution in [0.5, 0.6) is 0 Å². The maximum Gasteiger partial charge on any atom is 0.236 e. The Labute approximate surface area is 91.6 Å². The summed E-state index contributed by atoms with van der Waals surface area (Å²) in [6, 6.07) is 1.13. The summed E-state index contributed by atoms with van der Waals surface area (Å²) >= 11 is 0. The lowest BCUT2D eigenvalue weighted by Gasteiger charge is -2.11. The standard InChI is InChI=1S/C10H13F2N3O/c1-5-2-7(12)9(3-6(5)11)15-4-8(13)10(14)16/h2-3,8,15H,4,13H2,1H3,(H2,14,16). The monoisotopic (exact) mass is 229 g/mol. The molecule has 0 aliphatic rings. The van der Waals surface area contributed by atoms with Gasteiger partial charge in [-0.05, 0) is 18.6 Å². The van der Waals surface area contributed by atoms with E-state index in [-0.39, 0.29) is 17.8 Å². The van der Waals surface area contributed by atoms with Crippen molar-refractivity contribution in [2.24, 2.45) is 11.5 Å². The van der Waals surface area contributed by atoms with Crippen molar-refractivity contribution in [2.75, 3.05) is 11.9 Å². The van der Waals surface area contributed by atoms with Gasteiger partial charge in [0.1, 0.15) is 17.7 Å². The van der Waals surface area contributed by atoms with Crippen LogP contribution in [0.15, 0.2) is 12.1 Å². The number of nitrogens with two attached hydrogens (primary N) is 2. The number of amides is 1. The van der Waals surface area contributed by atoms with Crippen molar-refractivity contribution in [2.45, 2.75) is 13.0 Å². The van der Waals surface area contributed by atoms with E-state index >= 15 is 0 Å². The third kappa shape index (κ3) is 2.90. The highest BCUT2D eigenvalue weighted by Gasteiger charge is 2.11. The van der Waals surface area contributed by atoms with Crippen molar-refractivity contribution >= 4 is 11.6 Å². The third-order valence-corrected chi connectivity index (χ3v) is 2.13. The van der Waals surface area contributed by atoms with Crippen LogP contribution in [0.25, 0.3) is 0 Å². The van der Waals surface area contributed by atoms with Crippen LogP contribution in [0, 0.1) is 18.6 Å². The van der Waals surface area contributed by atoms with Crippen molar-refractivity contribution in [3.05, 3.63) is 29.3 Å². The number of hydrogen-bond donors (Lipinski definition) is 3. The van der Waals surface area contributed by atoms with Crippen LogP contribution in [-0.4, -0.2) is 18.5 Å². The molecule has 0 saturated heterocycles. The van der Waals surface area contributed by atoms with E-state index < -0.39 is 23.6 Å². The first-order valence-electron chi connectivity index (χ1n) is 4.66. The molecule has 1 amide bonds. The SMILES string of the molecule is Cc1cc(F)c(NCC(N)C(N)=O)cc1F. The van der Waals surface area contributed by atoms with Gasteiger partial charge in [-0.1, -0.05) is 0 Å². The predicted molar refractivity (Wildman–Crippen MR) is 56.8 cm³/mol. The molecule has 0 bridgehead atoms. The van der Waals surface area contributed by atoms with Crippen molar-refractivity contribution in [3.8, 4) is 0 Å². The summed E-state index contributed by atoms with van der Waals surface area (Å²) in [5.41, 5.74) is 10.4. The quantitative estimate of drug-likeness (QED) is 0.703. The van der Waals surface area contributed by atoms with Crippen LogP contribution in [0.1, 0.15) is 5.56 Å². The lowest BCUT2D eigenvalue weighted by atomic mass is 10.2. The second-order valence-corrected chi connectivity index (χ2v) is 3.47. The average Bonchev–Trinajstić information content (AvgIpc) is 2.20. The number of carbonyl (C=O) groups is 1. The predicted octanol–water partition coefficient (Wildman–Crippen LogP) is 0.498. The maximum atomic E-state index is 13.3. The number of rotatable bonds is 4. The van der Waals surface area contributed by atoms with E-state index in [9.17, 15) is 13.6 Å². The molecular formula is C10H13F2N3O. The van der Waals surface area contributed by atoms with E-state index in [0.717, 1.165) is 12.1 Å². The highest BCUT2D eigenvalue weighted by molar-refractivity contribution is 5.80. The van der Waals surface area contributed by atoms with Gasteiger partial charge in [-0.3, -0.25) is 4.79 Å². The summed E-state index contributed by atoms with van der Waals surface area (Å²) in [4.78, 5) is 10.6. The van der Waals surface area contributed by atoms with Gasteiger partial charge in [-0.2, -0.15) is 0 Å². The second-order valence-electron chi connectivity index (χ2n) is 3.47. The Balaban J connectivity index is 2.74. The maximum absolute atomic E-state index is 13.3. The first-order valence-corrected chi connectivity index (χ1v) is 4.66. The average molecular weight is 229 g/mol. The lowest BCUT2D eigenvalue weighted by molar-refractivity contribution is -0.118. The van der Waals surface area contributed by atoms with Gasteiger partial charge in [-0.15, -0.1) is 0 Å². The van der Waals surface area contributed by atoms with Crippen molar-refractivity contribution in [1.82, 2.24) is 0 Å². The van der Waals surface area contributed by atoms with E-state index in [2.05, 4.69) is 5.32 Å². The molecule has 88 valence electrons. The first kappa shape index (κ1) is 12.4. The highest BCUT2D eigenvalue weighted by atomic mass is 19.1. The molecule has 1 rings (SSSR count). The second kappa shape index (κ2) is 4.89. The molecule has 0 saturated carbocycles. The number of nitrogens with one attached hydrogen (secondary N) is 1. The summed E-state index contributed by atoms with van der Waals surface area (Å²) in [7, 11) is 0. The molecule has 5 N–H and O–H groups in total. The minimum atomic E-state index is -0.941. The minimum Gasteiger partial charge on any atom is -0.380 e. The van der Waals surface area contributed by atoms with Crippen molar-refractivity contribution in [1.29, 1.82) is 0 Å². The van der Waals surface area contributed by atoms with Crippen LogP contribution in [-0.2, 0) is 4.79 Å². The zero-order chi connectivity index (χ0) is 12.3. The van der Waals surface area contributed by atoms with Gasteiger partial charge < -0.3 is 16.8 Å². The molecule has 16 heavy (non-hydrogen) atoms. The van der Waals surface area contributed by atoms with Crippen molar-refractivity contribution in [3.63, 3.8) is 0 Å². The largest absolute Gasteiger partial charge is 0.380 e. The summed E-state index contributed by atoms with van der Waals surface area (Å²) in [6.45, 7) is 1.41. The van der Waals surface area contributed by atoms with Gasteiger partial charge in [0.2, 0.25) is 5.91 Å². The molecule has 1 unspecified atom stereocenters. The molecule has 1 aromatic carbocycles. The molecule has 0 aliphatic carbocycles. The lowest BCUT2D eigenvalue weighted by Crippen LogP contribution is -2.41. The Bertz CT molecular complexity index is 409. The van der Waals surface area contributed by atoms with E-state index in [1.807, 2.05) is 0 Å². The molecule has 1 aromatic rings.